The standard InChI is InChI=1S/C24H31BN4O4/c1-6-11-29(21(31)13-26-15-30)14-20-27-19-10-7-16-12-17(8-9-18(16)22(19)28-20)25-32-23(2,3)24(4,5)33-25/h7-10,12,15H,6,11,13-14H2,1-5H3,(H,26,30)(H,27,28). The molecule has 0 unspecified atom stereocenters. The van der Waals surface area contributed by atoms with Crippen LogP contribution in [0.5, 0.6) is 0 Å². The number of nitrogens with one attached hydrogen (secondary N) is 2. The minimum Gasteiger partial charge on any atom is -0.399 e. The molecule has 3 aromatic rings. The van der Waals surface area contributed by atoms with Crippen molar-refractivity contribution in [3.8, 4) is 0 Å². The molecule has 2 N–H and O–H groups in total. The summed E-state index contributed by atoms with van der Waals surface area (Å²) in [4.78, 5) is 32.8. The van der Waals surface area contributed by atoms with E-state index in [0.29, 0.717) is 25.3 Å². The normalized spacial score (nSPS) is 16.9. The highest BCUT2D eigenvalue weighted by Gasteiger charge is 2.51. The number of imidazole rings is 1. The molecule has 0 aliphatic carbocycles. The highest BCUT2D eigenvalue weighted by Crippen LogP contribution is 2.36. The van der Waals surface area contributed by atoms with Crippen LogP contribution in [0.25, 0.3) is 21.8 Å². The summed E-state index contributed by atoms with van der Waals surface area (Å²) in [5, 5.41) is 4.50. The minimum atomic E-state index is -0.418. The van der Waals surface area contributed by atoms with Gasteiger partial charge in [-0.2, -0.15) is 0 Å². The van der Waals surface area contributed by atoms with Gasteiger partial charge in [-0.3, -0.25) is 9.59 Å². The number of rotatable bonds is 8. The van der Waals surface area contributed by atoms with E-state index in [4.69, 9.17) is 14.3 Å². The molecule has 9 heteroatoms. The maximum absolute atomic E-state index is 12.4. The summed E-state index contributed by atoms with van der Waals surface area (Å²) in [6.07, 6.45) is 1.35. The Hall–Kier alpha value is -2.91. The van der Waals surface area contributed by atoms with Crippen LogP contribution >= 0.6 is 0 Å². The number of aromatic amines is 1. The van der Waals surface area contributed by atoms with E-state index in [9.17, 15) is 9.59 Å². The molecule has 174 valence electrons. The van der Waals surface area contributed by atoms with Crippen LogP contribution in [0.15, 0.2) is 30.3 Å². The fourth-order valence-electron chi connectivity index (χ4n) is 4.06. The summed E-state index contributed by atoms with van der Waals surface area (Å²) in [5.41, 5.74) is 1.96. The first-order chi connectivity index (χ1) is 15.6. The molecule has 33 heavy (non-hydrogen) atoms. The lowest BCUT2D eigenvalue weighted by molar-refractivity contribution is -0.132. The van der Waals surface area contributed by atoms with Gasteiger partial charge in [-0.05, 0) is 51.0 Å². The van der Waals surface area contributed by atoms with E-state index in [2.05, 4.69) is 22.4 Å². The van der Waals surface area contributed by atoms with Crippen LogP contribution in [-0.4, -0.2) is 58.6 Å². The molecular formula is C24H31BN4O4. The van der Waals surface area contributed by atoms with Crippen LogP contribution in [0.3, 0.4) is 0 Å². The molecule has 0 bridgehead atoms. The van der Waals surface area contributed by atoms with Gasteiger partial charge in [-0.25, -0.2) is 4.98 Å². The summed E-state index contributed by atoms with van der Waals surface area (Å²) >= 11 is 0. The molecule has 1 aliphatic heterocycles. The van der Waals surface area contributed by atoms with Gasteiger partial charge in [0, 0.05) is 11.9 Å². The van der Waals surface area contributed by atoms with E-state index in [1.54, 1.807) is 4.90 Å². The quantitative estimate of drug-likeness (QED) is 0.406. The fraction of sp³-hybridized carbons (Fsp3) is 0.458. The number of fused-ring (bicyclic) bond motifs is 3. The summed E-state index contributed by atoms with van der Waals surface area (Å²) in [5.74, 6) is 0.571. The van der Waals surface area contributed by atoms with Crippen molar-refractivity contribution < 1.29 is 18.9 Å². The number of hydrogen-bond acceptors (Lipinski definition) is 5. The second-order valence-corrected chi connectivity index (χ2v) is 9.53. The van der Waals surface area contributed by atoms with Gasteiger partial charge in [0.05, 0.1) is 35.3 Å². The first kappa shape index (κ1) is 23.3. The van der Waals surface area contributed by atoms with E-state index in [1.807, 2.05) is 52.8 Å². The topological polar surface area (TPSA) is 96.6 Å². The van der Waals surface area contributed by atoms with E-state index in [-0.39, 0.29) is 12.5 Å². The molecule has 8 nitrogen and oxygen atoms in total. The maximum atomic E-state index is 12.4. The van der Waals surface area contributed by atoms with E-state index >= 15 is 0 Å². The molecule has 0 spiro atoms. The highest BCUT2D eigenvalue weighted by atomic mass is 16.7. The molecule has 1 aliphatic rings. The molecule has 0 atom stereocenters. The Kier molecular flexibility index (Phi) is 6.20. The first-order valence-corrected chi connectivity index (χ1v) is 11.4. The number of carbonyl (C=O) groups is 2. The third-order valence-electron chi connectivity index (χ3n) is 6.59. The van der Waals surface area contributed by atoms with Crippen LogP contribution in [0.1, 0.15) is 46.9 Å². The average Bonchev–Trinajstić information content (AvgIpc) is 3.28. The third-order valence-corrected chi connectivity index (χ3v) is 6.59. The van der Waals surface area contributed by atoms with Crippen molar-refractivity contribution in [1.82, 2.24) is 20.2 Å². The van der Waals surface area contributed by atoms with Crippen LogP contribution in [0.2, 0.25) is 0 Å². The highest BCUT2D eigenvalue weighted by molar-refractivity contribution is 6.62. The molecule has 2 heterocycles. The van der Waals surface area contributed by atoms with E-state index in [0.717, 1.165) is 33.7 Å². The van der Waals surface area contributed by atoms with Crippen molar-refractivity contribution in [3.05, 3.63) is 36.2 Å². The number of amides is 2. The Bertz CT molecular complexity index is 1170. The smallest absolute Gasteiger partial charge is 0.399 e. The van der Waals surface area contributed by atoms with Crippen molar-refractivity contribution in [2.75, 3.05) is 13.1 Å². The molecule has 2 amide bonds. The molecule has 0 saturated carbocycles. The predicted molar refractivity (Wildman–Crippen MR) is 129 cm³/mol. The number of hydrogen-bond donors (Lipinski definition) is 2. The summed E-state index contributed by atoms with van der Waals surface area (Å²) < 4.78 is 12.4. The first-order valence-electron chi connectivity index (χ1n) is 11.4. The monoisotopic (exact) mass is 450 g/mol. The van der Waals surface area contributed by atoms with Crippen LogP contribution < -0.4 is 10.8 Å². The lowest BCUT2D eigenvalue weighted by Gasteiger charge is -2.32. The Balaban J connectivity index is 1.61. The van der Waals surface area contributed by atoms with Gasteiger partial charge in [0.2, 0.25) is 12.3 Å². The molecule has 4 rings (SSSR count). The van der Waals surface area contributed by atoms with Gasteiger partial charge >= 0.3 is 7.12 Å². The largest absolute Gasteiger partial charge is 0.494 e. The number of aromatic nitrogens is 2. The van der Waals surface area contributed by atoms with Crippen LogP contribution in [0.4, 0.5) is 0 Å². The Morgan fingerprint density at radius 2 is 1.91 bits per heavy atom. The molecule has 2 aromatic carbocycles. The van der Waals surface area contributed by atoms with E-state index in [1.165, 1.54) is 0 Å². The van der Waals surface area contributed by atoms with Gasteiger partial charge in [0.15, 0.2) is 0 Å². The molecule has 1 aromatic heterocycles. The number of carbonyl (C=O) groups excluding carboxylic acids is 2. The zero-order valence-corrected chi connectivity index (χ0v) is 19.9. The van der Waals surface area contributed by atoms with Crippen molar-refractivity contribution in [1.29, 1.82) is 0 Å². The van der Waals surface area contributed by atoms with E-state index < -0.39 is 18.3 Å². The van der Waals surface area contributed by atoms with Gasteiger partial charge in [0.1, 0.15) is 5.82 Å². The lowest BCUT2D eigenvalue weighted by Crippen LogP contribution is -2.41. The number of benzene rings is 2. The zero-order chi connectivity index (χ0) is 23.8. The van der Waals surface area contributed by atoms with Gasteiger partial charge in [-0.1, -0.05) is 31.2 Å². The van der Waals surface area contributed by atoms with Gasteiger partial charge in [-0.15, -0.1) is 0 Å². The minimum absolute atomic E-state index is 0.0195. The summed E-state index contributed by atoms with van der Waals surface area (Å²) in [6.45, 7) is 11.1. The molecule has 1 saturated heterocycles. The molecular weight excluding hydrogens is 419 g/mol. The van der Waals surface area contributed by atoms with Crippen LogP contribution in [0, 0.1) is 0 Å². The summed E-state index contributed by atoms with van der Waals surface area (Å²) in [7, 11) is -0.418. The number of H-pyrrole nitrogens is 1. The van der Waals surface area contributed by atoms with Crippen LogP contribution in [-0.2, 0) is 25.4 Å². The predicted octanol–water partition coefficient (Wildman–Crippen LogP) is 2.50. The number of nitrogens with zero attached hydrogens (tertiary/aromatic N) is 2. The van der Waals surface area contributed by atoms with Crippen molar-refractivity contribution >= 4 is 46.7 Å². The summed E-state index contributed by atoms with van der Waals surface area (Å²) in [6, 6.07) is 10.2. The SMILES string of the molecule is CCCN(Cc1nc2c(ccc3cc(B4OC(C)(C)C(C)(C)O4)ccc32)[nH]1)C(=O)CNC=O. The van der Waals surface area contributed by atoms with Crippen molar-refractivity contribution in [3.63, 3.8) is 0 Å². The molecule has 0 radical (unpaired) electrons. The zero-order valence-electron chi connectivity index (χ0n) is 19.9. The average molecular weight is 450 g/mol. The van der Waals surface area contributed by atoms with Gasteiger partial charge in [0.25, 0.3) is 0 Å². The second-order valence-electron chi connectivity index (χ2n) is 9.53. The third kappa shape index (κ3) is 4.47. The van der Waals surface area contributed by atoms with Gasteiger partial charge < -0.3 is 24.5 Å². The Labute approximate surface area is 194 Å². The van der Waals surface area contributed by atoms with Crippen molar-refractivity contribution in [2.24, 2.45) is 0 Å². The maximum Gasteiger partial charge on any atom is 0.494 e. The Morgan fingerprint density at radius 1 is 1.18 bits per heavy atom. The molecule has 1 fully saturated rings. The van der Waals surface area contributed by atoms with Crippen molar-refractivity contribution in [2.45, 2.75) is 58.8 Å². The lowest BCUT2D eigenvalue weighted by atomic mass is 9.78. The second kappa shape index (κ2) is 8.80. The fourth-order valence-corrected chi connectivity index (χ4v) is 4.06. The Morgan fingerprint density at radius 3 is 2.58 bits per heavy atom.